The van der Waals surface area contributed by atoms with Crippen LogP contribution in [0.4, 0.5) is 0 Å². The van der Waals surface area contributed by atoms with E-state index in [1.165, 1.54) is 54.9 Å². The molecule has 0 saturated heterocycles. The van der Waals surface area contributed by atoms with Gasteiger partial charge in [0.1, 0.15) is 11.2 Å². The van der Waals surface area contributed by atoms with Crippen molar-refractivity contribution in [3.8, 4) is 44.5 Å². The molecule has 0 N–H and O–H groups in total. The fourth-order valence-electron chi connectivity index (χ4n) is 6.95. The number of rotatable bonds is 4. The van der Waals surface area contributed by atoms with Crippen LogP contribution in [-0.2, 0) is 0 Å². The van der Waals surface area contributed by atoms with Gasteiger partial charge in [0.15, 0.2) is 0 Å². The molecule has 0 aliphatic rings. The number of furan rings is 1. The maximum Gasteiger partial charge on any atom is 0.136 e. The lowest BCUT2D eigenvalue weighted by Crippen LogP contribution is -1.91. The zero-order valence-corrected chi connectivity index (χ0v) is 24.6. The normalized spacial score (nSPS) is 11.6. The lowest BCUT2D eigenvalue weighted by atomic mass is 9.85. The summed E-state index contributed by atoms with van der Waals surface area (Å²) >= 11 is 0. The van der Waals surface area contributed by atoms with E-state index in [2.05, 4.69) is 164 Å². The molecule has 1 aromatic heterocycles. The minimum Gasteiger partial charge on any atom is -0.456 e. The zero-order valence-electron chi connectivity index (χ0n) is 24.6. The molecule has 0 unspecified atom stereocenters. The second-order valence-corrected chi connectivity index (χ2v) is 11.7. The summed E-state index contributed by atoms with van der Waals surface area (Å²) in [5.74, 6) is 0. The fraction of sp³-hybridized carbons (Fsp3) is 0. The molecule has 0 saturated carbocycles. The molecule has 1 nitrogen and oxygen atoms in total. The van der Waals surface area contributed by atoms with E-state index in [0.717, 1.165) is 33.1 Å². The molecule has 9 rings (SSSR count). The molecule has 0 aliphatic carbocycles. The van der Waals surface area contributed by atoms with E-state index in [1.807, 2.05) is 6.07 Å². The molecule has 0 aliphatic heterocycles. The number of hydrogen-bond acceptors (Lipinski definition) is 1. The Morgan fingerprint density at radius 1 is 0.244 bits per heavy atom. The van der Waals surface area contributed by atoms with E-state index in [4.69, 9.17) is 4.42 Å². The SMILES string of the molecule is c1ccc(-c2ccc(-c3c4ccccc4c(-c4ccc5c(c4)oc4cc(-c6ccccc6)ccc45)c4ccccc34)cc2)cc1. The minimum absolute atomic E-state index is 0.904. The highest BCUT2D eigenvalue weighted by molar-refractivity contribution is 6.22. The average molecular weight is 573 g/mol. The van der Waals surface area contributed by atoms with E-state index < -0.39 is 0 Å². The van der Waals surface area contributed by atoms with E-state index >= 15 is 0 Å². The van der Waals surface area contributed by atoms with Crippen LogP contribution in [-0.4, -0.2) is 0 Å². The van der Waals surface area contributed by atoms with Crippen molar-refractivity contribution in [3.63, 3.8) is 0 Å². The van der Waals surface area contributed by atoms with Crippen molar-refractivity contribution in [2.24, 2.45) is 0 Å². The predicted octanol–water partition coefficient (Wildman–Crippen LogP) is 12.6. The van der Waals surface area contributed by atoms with Crippen LogP contribution in [0, 0.1) is 0 Å². The summed E-state index contributed by atoms with van der Waals surface area (Å²) in [6.07, 6.45) is 0. The first-order valence-electron chi connectivity index (χ1n) is 15.4. The summed E-state index contributed by atoms with van der Waals surface area (Å²) < 4.78 is 6.54. The van der Waals surface area contributed by atoms with Crippen LogP contribution in [0.5, 0.6) is 0 Å². The molecule has 1 heterocycles. The van der Waals surface area contributed by atoms with Gasteiger partial charge in [0.2, 0.25) is 0 Å². The van der Waals surface area contributed by atoms with Crippen molar-refractivity contribution >= 4 is 43.5 Å². The van der Waals surface area contributed by atoms with Gasteiger partial charge in [0.05, 0.1) is 0 Å². The van der Waals surface area contributed by atoms with Crippen LogP contribution in [0.1, 0.15) is 0 Å². The van der Waals surface area contributed by atoms with Gasteiger partial charge in [-0.25, -0.2) is 0 Å². The monoisotopic (exact) mass is 572 g/mol. The van der Waals surface area contributed by atoms with Gasteiger partial charge in [-0.1, -0.05) is 146 Å². The fourth-order valence-corrected chi connectivity index (χ4v) is 6.95. The Labute approximate surface area is 261 Å². The average Bonchev–Trinajstić information content (AvgIpc) is 3.48. The van der Waals surface area contributed by atoms with Crippen LogP contribution >= 0.6 is 0 Å². The molecule has 8 aromatic carbocycles. The van der Waals surface area contributed by atoms with Crippen molar-refractivity contribution < 1.29 is 4.42 Å². The van der Waals surface area contributed by atoms with Gasteiger partial charge in [-0.05, 0) is 90.3 Å². The molecule has 0 atom stereocenters. The topological polar surface area (TPSA) is 13.1 Å². The Morgan fingerprint density at radius 2 is 0.600 bits per heavy atom. The Balaban J connectivity index is 1.23. The lowest BCUT2D eigenvalue weighted by Gasteiger charge is -2.18. The van der Waals surface area contributed by atoms with Gasteiger partial charge in [-0.3, -0.25) is 0 Å². The first-order valence-corrected chi connectivity index (χ1v) is 15.4. The predicted molar refractivity (Wildman–Crippen MR) is 190 cm³/mol. The molecule has 0 spiro atoms. The van der Waals surface area contributed by atoms with Crippen molar-refractivity contribution in [1.29, 1.82) is 0 Å². The molecule has 0 radical (unpaired) electrons. The maximum absolute atomic E-state index is 6.54. The van der Waals surface area contributed by atoms with Gasteiger partial charge in [-0.15, -0.1) is 0 Å². The summed E-state index contributed by atoms with van der Waals surface area (Å²) in [6, 6.07) is 60.9. The summed E-state index contributed by atoms with van der Waals surface area (Å²) in [6.45, 7) is 0. The quantitative estimate of drug-likeness (QED) is 0.191. The molecular formula is C44H28O. The van der Waals surface area contributed by atoms with Gasteiger partial charge in [-0.2, -0.15) is 0 Å². The van der Waals surface area contributed by atoms with Gasteiger partial charge < -0.3 is 4.42 Å². The Morgan fingerprint density at radius 3 is 1.13 bits per heavy atom. The highest BCUT2D eigenvalue weighted by Gasteiger charge is 2.18. The molecule has 0 fully saturated rings. The third-order valence-electron chi connectivity index (χ3n) is 9.08. The van der Waals surface area contributed by atoms with E-state index in [9.17, 15) is 0 Å². The second kappa shape index (κ2) is 10.4. The first-order chi connectivity index (χ1) is 22.3. The minimum atomic E-state index is 0.904. The maximum atomic E-state index is 6.54. The zero-order chi connectivity index (χ0) is 29.7. The van der Waals surface area contributed by atoms with Crippen LogP contribution in [0.3, 0.4) is 0 Å². The molecule has 9 aromatic rings. The second-order valence-electron chi connectivity index (χ2n) is 11.7. The van der Waals surface area contributed by atoms with Gasteiger partial charge >= 0.3 is 0 Å². The standard InChI is InChI=1S/C44H28O/c1-3-11-29(12-4-1)31-19-21-32(22-20-31)43-37-15-7-9-17-39(37)44(40-18-10-8-16-38(40)43)34-24-26-36-35-25-23-33(30-13-5-2-6-14-30)27-41(35)45-42(36)28-34/h1-28H. The smallest absolute Gasteiger partial charge is 0.136 e. The summed E-state index contributed by atoms with van der Waals surface area (Å²) in [5, 5.41) is 7.24. The van der Waals surface area contributed by atoms with E-state index in [0.29, 0.717) is 0 Å². The van der Waals surface area contributed by atoms with Gasteiger partial charge in [0, 0.05) is 10.8 Å². The molecule has 0 bridgehead atoms. The summed E-state index contributed by atoms with van der Waals surface area (Å²) in [7, 11) is 0. The van der Waals surface area contributed by atoms with E-state index in [1.54, 1.807) is 0 Å². The van der Waals surface area contributed by atoms with Crippen LogP contribution < -0.4 is 0 Å². The van der Waals surface area contributed by atoms with Crippen LogP contribution in [0.2, 0.25) is 0 Å². The highest BCUT2D eigenvalue weighted by atomic mass is 16.3. The third-order valence-corrected chi connectivity index (χ3v) is 9.08. The van der Waals surface area contributed by atoms with Crippen molar-refractivity contribution in [1.82, 2.24) is 0 Å². The molecule has 210 valence electrons. The Hall–Kier alpha value is -5.92. The largest absolute Gasteiger partial charge is 0.456 e. The van der Waals surface area contributed by atoms with Crippen LogP contribution in [0.25, 0.3) is 88.0 Å². The molecule has 45 heavy (non-hydrogen) atoms. The van der Waals surface area contributed by atoms with Crippen molar-refractivity contribution in [3.05, 3.63) is 170 Å². The Bertz CT molecular complexity index is 2450. The number of benzene rings is 8. The molecular weight excluding hydrogens is 544 g/mol. The van der Waals surface area contributed by atoms with E-state index in [-0.39, 0.29) is 0 Å². The van der Waals surface area contributed by atoms with Crippen molar-refractivity contribution in [2.75, 3.05) is 0 Å². The van der Waals surface area contributed by atoms with Crippen LogP contribution in [0.15, 0.2) is 174 Å². The summed E-state index contributed by atoms with van der Waals surface area (Å²) in [5.41, 5.74) is 11.5. The summed E-state index contributed by atoms with van der Waals surface area (Å²) in [4.78, 5) is 0. The lowest BCUT2D eigenvalue weighted by molar-refractivity contribution is 0.669. The first kappa shape index (κ1) is 25.6. The number of hydrogen-bond donors (Lipinski definition) is 0. The highest BCUT2D eigenvalue weighted by Crippen LogP contribution is 2.45. The van der Waals surface area contributed by atoms with Gasteiger partial charge in [0.25, 0.3) is 0 Å². The molecule has 1 heteroatoms. The Kier molecular flexibility index (Phi) is 5.89. The molecule has 0 amide bonds. The van der Waals surface area contributed by atoms with Crippen molar-refractivity contribution in [2.45, 2.75) is 0 Å². The number of fused-ring (bicyclic) bond motifs is 5. The third kappa shape index (κ3) is 4.24.